The fraction of sp³-hybridized carbons (Fsp3) is 0.889. The maximum Gasteiger partial charge on any atom is 0.315 e. The molecule has 0 aromatic carbocycles. The quantitative estimate of drug-likeness (QED) is 0.493. The molecule has 0 spiro atoms. The van der Waals surface area contributed by atoms with Crippen LogP contribution in [0, 0.1) is 0 Å². The Balaban J connectivity index is 2.12. The Labute approximate surface area is 84.3 Å². The van der Waals surface area contributed by atoms with Crippen molar-refractivity contribution in [2.75, 3.05) is 19.6 Å². The number of amides is 2. The van der Waals surface area contributed by atoms with E-state index in [1.807, 2.05) is 0 Å². The van der Waals surface area contributed by atoms with Crippen molar-refractivity contribution in [3.05, 3.63) is 0 Å². The highest BCUT2D eigenvalue weighted by molar-refractivity contribution is 5.74. The second kappa shape index (κ2) is 5.82. The van der Waals surface area contributed by atoms with E-state index in [1.165, 1.54) is 0 Å². The molecule has 0 saturated carbocycles. The predicted octanol–water partition coefficient (Wildman–Crippen LogP) is -0.582. The zero-order valence-corrected chi connectivity index (χ0v) is 8.55. The Morgan fingerprint density at radius 1 is 1.71 bits per heavy atom. The summed E-state index contributed by atoms with van der Waals surface area (Å²) < 4.78 is 0. The molecule has 14 heavy (non-hydrogen) atoms. The maximum absolute atomic E-state index is 11.3. The highest BCUT2D eigenvalue weighted by atomic mass is 16.3. The fourth-order valence-corrected chi connectivity index (χ4v) is 1.45. The summed E-state index contributed by atoms with van der Waals surface area (Å²) in [6.07, 6.45) is 1.63. The van der Waals surface area contributed by atoms with Crippen LogP contribution in [0.25, 0.3) is 0 Å². The van der Waals surface area contributed by atoms with Gasteiger partial charge in [-0.1, -0.05) is 0 Å². The third-order valence-corrected chi connectivity index (χ3v) is 2.19. The van der Waals surface area contributed by atoms with Gasteiger partial charge in [-0.2, -0.15) is 0 Å². The summed E-state index contributed by atoms with van der Waals surface area (Å²) in [6, 6.07) is 0.0253. The number of hydrogen-bond acceptors (Lipinski definition) is 3. The smallest absolute Gasteiger partial charge is 0.315 e. The Morgan fingerprint density at radius 3 is 3.07 bits per heavy atom. The molecule has 2 atom stereocenters. The number of carbonyl (C=O) groups is 1. The summed E-state index contributed by atoms with van der Waals surface area (Å²) in [5.41, 5.74) is 0. The molecule has 2 unspecified atom stereocenters. The minimum Gasteiger partial charge on any atom is -0.392 e. The lowest BCUT2D eigenvalue weighted by atomic mass is 10.1. The van der Waals surface area contributed by atoms with Crippen molar-refractivity contribution >= 4 is 6.03 Å². The Hall–Kier alpha value is -0.810. The van der Waals surface area contributed by atoms with Crippen molar-refractivity contribution < 1.29 is 9.90 Å². The predicted molar refractivity (Wildman–Crippen MR) is 54.1 cm³/mol. The van der Waals surface area contributed by atoms with Crippen LogP contribution in [0.4, 0.5) is 4.79 Å². The van der Waals surface area contributed by atoms with Gasteiger partial charge in [0.1, 0.15) is 0 Å². The van der Waals surface area contributed by atoms with Crippen molar-refractivity contribution in [3.8, 4) is 0 Å². The van der Waals surface area contributed by atoms with E-state index in [9.17, 15) is 4.79 Å². The van der Waals surface area contributed by atoms with Gasteiger partial charge in [0.25, 0.3) is 0 Å². The number of nitrogens with one attached hydrogen (secondary N) is 3. The van der Waals surface area contributed by atoms with Gasteiger partial charge in [-0.05, 0) is 26.3 Å². The minimum atomic E-state index is -0.495. The number of urea groups is 1. The summed E-state index contributed by atoms with van der Waals surface area (Å²) >= 11 is 0. The monoisotopic (exact) mass is 201 g/mol. The van der Waals surface area contributed by atoms with Gasteiger partial charge in [-0.25, -0.2) is 4.79 Å². The Morgan fingerprint density at radius 2 is 2.50 bits per heavy atom. The second-order valence-electron chi connectivity index (χ2n) is 3.75. The molecular weight excluding hydrogens is 182 g/mol. The van der Waals surface area contributed by atoms with Crippen LogP contribution < -0.4 is 16.0 Å². The SMILES string of the molecule is CC(O)CNC(=O)NC1CCCNC1. The molecule has 1 aliphatic heterocycles. The molecular formula is C9H19N3O2. The normalized spacial score (nSPS) is 24.0. The molecule has 0 aliphatic carbocycles. The van der Waals surface area contributed by atoms with Crippen LogP contribution in [0.1, 0.15) is 19.8 Å². The average molecular weight is 201 g/mol. The third kappa shape index (κ3) is 4.43. The van der Waals surface area contributed by atoms with Gasteiger partial charge in [0.15, 0.2) is 0 Å². The molecule has 1 heterocycles. The maximum atomic E-state index is 11.3. The van der Waals surface area contributed by atoms with E-state index in [4.69, 9.17) is 5.11 Å². The van der Waals surface area contributed by atoms with E-state index in [0.717, 1.165) is 25.9 Å². The molecule has 0 aromatic heterocycles. The molecule has 4 N–H and O–H groups in total. The van der Waals surface area contributed by atoms with Gasteiger partial charge in [0.05, 0.1) is 6.10 Å². The van der Waals surface area contributed by atoms with Crippen molar-refractivity contribution in [1.29, 1.82) is 0 Å². The lowest BCUT2D eigenvalue weighted by molar-refractivity contribution is 0.186. The van der Waals surface area contributed by atoms with Gasteiger partial charge < -0.3 is 21.1 Å². The van der Waals surface area contributed by atoms with Crippen LogP contribution in [0.15, 0.2) is 0 Å². The number of aliphatic hydroxyl groups is 1. The molecule has 1 fully saturated rings. The van der Waals surface area contributed by atoms with Crippen molar-refractivity contribution in [2.24, 2.45) is 0 Å². The molecule has 0 radical (unpaired) electrons. The third-order valence-electron chi connectivity index (χ3n) is 2.19. The van der Waals surface area contributed by atoms with E-state index in [0.29, 0.717) is 6.54 Å². The summed E-state index contributed by atoms with van der Waals surface area (Å²) in [6.45, 7) is 3.81. The lowest BCUT2D eigenvalue weighted by Gasteiger charge is -2.24. The molecule has 1 aliphatic rings. The molecule has 1 rings (SSSR count). The van der Waals surface area contributed by atoms with Crippen LogP contribution >= 0.6 is 0 Å². The number of piperidine rings is 1. The average Bonchev–Trinajstić information content (AvgIpc) is 2.16. The second-order valence-corrected chi connectivity index (χ2v) is 3.75. The van der Waals surface area contributed by atoms with E-state index < -0.39 is 6.10 Å². The summed E-state index contributed by atoms with van der Waals surface area (Å²) in [7, 11) is 0. The van der Waals surface area contributed by atoms with Crippen molar-refractivity contribution in [2.45, 2.75) is 31.9 Å². The molecule has 1 saturated heterocycles. The number of rotatable bonds is 3. The standard InChI is InChI=1S/C9H19N3O2/c1-7(13)5-11-9(14)12-8-3-2-4-10-6-8/h7-8,10,13H,2-6H2,1H3,(H2,11,12,14). The molecule has 5 heteroatoms. The zero-order chi connectivity index (χ0) is 10.4. The first-order valence-electron chi connectivity index (χ1n) is 5.11. The molecule has 2 amide bonds. The highest BCUT2D eigenvalue weighted by Crippen LogP contribution is 2.00. The van der Waals surface area contributed by atoms with Gasteiger partial charge in [0.2, 0.25) is 0 Å². The van der Waals surface area contributed by atoms with Crippen LogP contribution in [0.2, 0.25) is 0 Å². The highest BCUT2D eigenvalue weighted by Gasteiger charge is 2.14. The fourth-order valence-electron chi connectivity index (χ4n) is 1.45. The molecule has 5 nitrogen and oxygen atoms in total. The molecule has 0 bridgehead atoms. The van der Waals surface area contributed by atoms with Gasteiger partial charge >= 0.3 is 6.03 Å². The topological polar surface area (TPSA) is 73.4 Å². The Bertz CT molecular complexity index is 179. The molecule has 0 aromatic rings. The molecule has 82 valence electrons. The van der Waals surface area contributed by atoms with E-state index in [1.54, 1.807) is 6.92 Å². The number of carbonyl (C=O) groups excluding carboxylic acids is 1. The van der Waals surface area contributed by atoms with E-state index in [2.05, 4.69) is 16.0 Å². The zero-order valence-electron chi connectivity index (χ0n) is 8.55. The number of hydrogen-bond donors (Lipinski definition) is 4. The van der Waals surface area contributed by atoms with Crippen LogP contribution in [0.3, 0.4) is 0 Å². The summed E-state index contributed by atoms with van der Waals surface area (Å²) in [5, 5.41) is 17.6. The van der Waals surface area contributed by atoms with Gasteiger partial charge in [-0.15, -0.1) is 0 Å². The van der Waals surface area contributed by atoms with Gasteiger partial charge in [-0.3, -0.25) is 0 Å². The lowest BCUT2D eigenvalue weighted by Crippen LogP contribution is -2.50. The minimum absolute atomic E-state index is 0.195. The first-order valence-corrected chi connectivity index (χ1v) is 5.11. The number of aliphatic hydroxyl groups excluding tert-OH is 1. The summed E-state index contributed by atoms with van der Waals surface area (Å²) in [5.74, 6) is 0. The van der Waals surface area contributed by atoms with E-state index >= 15 is 0 Å². The largest absolute Gasteiger partial charge is 0.392 e. The van der Waals surface area contributed by atoms with E-state index in [-0.39, 0.29) is 12.1 Å². The van der Waals surface area contributed by atoms with Gasteiger partial charge in [0, 0.05) is 19.1 Å². The van der Waals surface area contributed by atoms with Crippen molar-refractivity contribution in [1.82, 2.24) is 16.0 Å². The van der Waals surface area contributed by atoms with Crippen LogP contribution in [0.5, 0.6) is 0 Å². The Kier molecular flexibility index (Phi) is 4.69. The van der Waals surface area contributed by atoms with Crippen LogP contribution in [-0.2, 0) is 0 Å². The first kappa shape index (κ1) is 11.3. The first-order chi connectivity index (χ1) is 6.68. The van der Waals surface area contributed by atoms with Crippen LogP contribution in [-0.4, -0.2) is 42.9 Å². The van der Waals surface area contributed by atoms with Crippen molar-refractivity contribution in [3.63, 3.8) is 0 Å². The summed E-state index contributed by atoms with van der Waals surface area (Å²) in [4.78, 5) is 11.3.